The van der Waals surface area contributed by atoms with E-state index in [1.165, 1.54) is 5.39 Å². The number of rotatable bonds is 4. The Balaban J connectivity index is 2.30. The maximum absolute atomic E-state index is 5.12. The Morgan fingerprint density at radius 2 is 2.24 bits per heavy atom. The zero-order chi connectivity index (χ0) is 12.4. The number of likely N-dealkylation sites (N-methyl/N-ethyl adjacent to an activating group) is 1. The molecule has 2 aromatic rings. The molecule has 2 rings (SSSR count). The molecule has 0 fully saturated rings. The molecule has 0 amide bonds. The molecule has 0 bridgehead atoms. The molecule has 17 heavy (non-hydrogen) atoms. The second-order valence-electron chi connectivity index (χ2n) is 4.57. The van der Waals surface area contributed by atoms with Crippen molar-refractivity contribution in [3.63, 3.8) is 0 Å². The van der Waals surface area contributed by atoms with Crippen LogP contribution in [0.25, 0.3) is 10.9 Å². The molecule has 0 aliphatic carbocycles. The average molecular weight is 233 g/mol. The predicted molar refractivity (Wildman–Crippen MR) is 69.4 cm³/mol. The van der Waals surface area contributed by atoms with Crippen molar-refractivity contribution >= 4 is 10.9 Å². The summed E-state index contributed by atoms with van der Waals surface area (Å²) in [7, 11) is 5.83. The van der Waals surface area contributed by atoms with E-state index < -0.39 is 0 Å². The number of pyridine rings is 1. The zero-order valence-corrected chi connectivity index (χ0v) is 10.8. The van der Waals surface area contributed by atoms with Crippen molar-refractivity contribution in [2.45, 2.75) is 19.5 Å². The molecule has 2 heterocycles. The lowest BCUT2D eigenvalue weighted by molar-refractivity contribution is 0.286. The summed E-state index contributed by atoms with van der Waals surface area (Å²) >= 11 is 0. The maximum atomic E-state index is 5.12. The van der Waals surface area contributed by atoms with Crippen LogP contribution < -0.4 is 4.74 Å². The smallest absolute Gasteiger partial charge is 0.213 e. The molecular formula is C13H19N3O. The zero-order valence-electron chi connectivity index (χ0n) is 10.8. The average Bonchev–Trinajstić information content (AvgIpc) is 2.71. The van der Waals surface area contributed by atoms with Gasteiger partial charge in [-0.05, 0) is 27.1 Å². The SMILES string of the molecule is COc1cc2ccn(C[C@@H](C)N(C)C)c2cn1. The minimum atomic E-state index is 0.493. The molecule has 0 saturated heterocycles. The first kappa shape index (κ1) is 11.9. The van der Waals surface area contributed by atoms with Crippen molar-refractivity contribution in [3.05, 3.63) is 24.5 Å². The highest BCUT2D eigenvalue weighted by Gasteiger charge is 2.08. The summed E-state index contributed by atoms with van der Waals surface area (Å²) in [6, 6.07) is 4.56. The van der Waals surface area contributed by atoms with Gasteiger partial charge in [0.1, 0.15) is 0 Å². The molecule has 4 heteroatoms. The molecule has 0 radical (unpaired) electrons. The molecule has 0 N–H and O–H groups in total. The molecule has 2 aromatic heterocycles. The number of hydrogen-bond donors (Lipinski definition) is 0. The van der Waals surface area contributed by atoms with Gasteiger partial charge in [0.2, 0.25) is 5.88 Å². The van der Waals surface area contributed by atoms with E-state index in [-0.39, 0.29) is 0 Å². The highest BCUT2D eigenvalue weighted by molar-refractivity contribution is 5.80. The van der Waals surface area contributed by atoms with Crippen LogP contribution in [0.1, 0.15) is 6.92 Å². The van der Waals surface area contributed by atoms with Crippen molar-refractivity contribution in [1.82, 2.24) is 14.5 Å². The summed E-state index contributed by atoms with van der Waals surface area (Å²) in [5, 5.41) is 1.17. The third-order valence-corrected chi connectivity index (χ3v) is 3.18. The van der Waals surface area contributed by atoms with Crippen LogP contribution in [0.2, 0.25) is 0 Å². The van der Waals surface area contributed by atoms with E-state index in [2.05, 4.69) is 47.7 Å². The second kappa shape index (κ2) is 4.75. The molecular weight excluding hydrogens is 214 g/mol. The number of hydrogen-bond acceptors (Lipinski definition) is 3. The number of ether oxygens (including phenoxy) is 1. The van der Waals surface area contributed by atoms with E-state index >= 15 is 0 Å². The molecule has 0 saturated carbocycles. The minimum Gasteiger partial charge on any atom is -0.481 e. The summed E-state index contributed by atoms with van der Waals surface area (Å²) in [5.74, 6) is 0.663. The second-order valence-corrected chi connectivity index (χ2v) is 4.57. The normalized spacial score (nSPS) is 13.2. The standard InChI is InChI=1S/C13H19N3O/c1-10(15(2)3)9-16-6-5-11-7-13(17-4)14-8-12(11)16/h5-8,10H,9H2,1-4H3/t10-/m1/s1. The lowest BCUT2D eigenvalue weighted by Gasteiger charge is -2.20. The van der Waals surface area contributed by atoms with Crippen LogP contribution >= 0.6 is 0 Å². The lowest BCUT2D eigenvalue weighted by atomic mass is 10.3. The van der Waals surface area contributed by atoms with E-state index in [0.29, 0.717) is 11.9 Å². The summed E-state index contributed by atoms with van der Waals surface area (Å²) in [6.45, 7) is 3.17. The van der Waals surface area contributed by atoms with Crippen LogP contribution in [0, 0.1) is 0 Å². The van der Waals surface area contributed by atoms with Crippen molar-refractivity contribution in [2.24, 2.45) is 0 Å². The van der Waals surface area contributed by atoms with Gasteiger partial charge in [0, 0.05) is 30.2 Å². The summed E-state index contributed by atoms with van der Waals surface area (Å²) in [6.07, 6.45) is 3.97. The first-order valence-electron chi connectivity index (χ1n) is 5.77. The quantitative estimate of drug-likeness (QED) is 0.809. The Morgan fingerprint density at radius 3 is 2.88 bits per heavy atom. The van der Waals surface area contributed by atoms with Crippen LogP contribution in [0.3, 0.4) is 0 Å². The number of nitrogens with zero attached hydrogens (tertiary/aromatic N) is 3. The molecule has 0 aliphatic heterocycles. The van der Waals surface area contributed by atoms with Crippen molar-refractivity contribution in [2.75, 3.05) is 21.2 Å². The highest BCUT2D eigenvalue weighted by atomic mass is 16.5. The molecule has 0 spiro atoms. The third-order valence-electron chi connectivity index (χ3n) is 3.18. The molecule has 0 unspecified atom stereocenters. The van der Waals surface area contributed by atoms with Crippen molar-refractivity contribution in [3.8, 4) is 5.88 Å². The topological polar surface area (TPSA) is 30.3 Å². The molecule has 4 nitrogen and oxygen atoms in total. The van der Waals surface area contributed by atoms with Gasteiger partial charge in [0.25, 0.3) is 0 Å². The Labute approximate surface area is 102 Å². The van der Waals surface area contributed by atoms with Gasteiger partial charge in [-0.1, -0.05) is 0 Å². The molecule has 1 atom stereocenters. The monoisotopic (exact) mass is 233 g/mol. The Kier molecular flexibility index (Phi) is 3.33. The number of methoxy groups -OCH3 is 1. The van der Waals surface area contributed by atoms with E-state index in [9.17, 15) is 0 Å². The summed E-state index contributed by atoms with van der Waals surface area (Å²) in [4.78, 5) is 6.46. The summed E-state index contributed by atoms with van der Waals surface area (Å²) < 4.78 is 7.35. The number of aromatic nitrogens is 2. The fourth-order valence-electron chi connectivity index (χ4n) is 1.79. The molecule has 0 aromatic carbocycles. The number of fused-ring (bicyclic) bond motifs is 1. The van der Waals surface area contributed by atoms with Crippen molar-refractivity contribution in [1.29, 1.82) is 0 Å². The van der Waals surface area contributed by atoms with Gasteiger partial charge in [0.15, 0.2) is 0 Å². The summed E-state index contributed by atoms with van der Waals surface area (Å²) in [5.41, 5.74) is 1.15. The Morgan fingerprint density at radius 1 is 1.47 bits per heavy atom. The first-order valence-corrected chi connectivity index (χ1v) is 5.77. The van der Waals surface area contributed by atoms with Gasteiger partial charge in [-0.15, -0.1) is 0 Å². The Hall–Kier alpha value is -1.55. The van der Waals surface area contributed by atoms with E-state index in [1.54, 1.807) is 7.11 Å². The fraction of sp³-hybridized carbons (Fsp3) is 0.462. The first-order chi connectivity index (χ1) is 8.11. The van der Waals surface area contributed by atoms with Crippen LogP contribution in [-0.2, 0) is 6.54 Å². The van der Waals surface area contributed by atoms with Gasteiger partial charge < -0.3 is 14.2 Å². The van der Waals surface area contributed by atoms with E-state index in [1.807, 2.05) is 12.3 Å². The van der Waals surface area contributed by atoms with Crippen LogP contribution in [-0.4, -0.2) is 41.7 Å². The van der Waals surface area contributed by atoms with Crippen molar-refractivity contribution < 1.29 is 4.74 Å². The molecule has 92 valence electrons. The highest BCUT2D eigenvalue weighted by Crippen LogP contribution is 2.19. The van der Waals surface area contributed by atoms with Gasteiger partial charge in [-0.2, -0.15) is 0 Å². The maximum Gasteiger partial charge on any atom is 0.213 e. The van der Waals surface area contributed by atoms with Gasteiger partial charge in [-0.3, -0.25) is 0 Å². The minimum absolute atomic E-state index is 0.493. The van der Waals surface area contributed by atoms with Crippen LogP contribution in [0.5, 0.6) is 5.88 Å². The fourth-order valence-corrected chi connectivity index (χ4v) is 1.79. The van der Waals surface area contributed by atoms with Gasteiger partial charge in [0.05, 0.1) is 18.8 Å². The lowest BCUT2D eigenvalue weighted by Crippen LogP contribution is -2.28. The molecule has 0 aliphatic rings. The predicted octanol–water partition coefficient (Wildman–Crippen LogP) is 1.99. The van der Waals surface area contributed by atoms with Gasteiger partial charge >= 0.3 is 0 Å². The Bertz CT molecular complexity index is 504. The largest absolute Gasteiger partial charge is 0.481 e. The van der Waals surface area contributed by atoms with Crippen LogP contribution in [0.15, 0.2) is 24.5 Å². The van der Waals surface area contributed by atoms with E-state index in [4.69, 9.17) is 4.74 Å². The third kappa shape index (κ3) is 2.42. The van der Waals surface area contributed by atoms with Crippen LogP contribution in [0.4, 0.5) is 0 Å². The van der Waals surface area contributed by atoms with Gasteiger partial charge in [-0.25, -0.2) is 4.98 Å². The van der Waals surface area contributed by atoms with E-state index in [0.717, 1.165) is 12.1 Å².